The Morgan fingerprint density at radius 1 is 0.395 bits per heavy atom. The Kier molecular flexibility index (Phi) is 26.6. The maximum Gasteiger partial charge on any atom is 0.417 e. The Hall–Kier alpha value is -14.5. The lowest BCUT2D eigenvalue weighted by Gasteiger charge is -2.49. The van der Waals surface area contributed by atoms with Crippen LogP contribution in [0.5, 0.6) is 5.75 Å². The number of hydrogen-bond donors (Lipinski definition) is 3. The van der Waals surface area contributed by atoms with E-state index in [0.29, 0.717) is 216 Å². The summed E-state index contributed by atoms with van der Waals surface area (Å²) in [4.78, 5) is 168. The van der Waals surface area contributed by atoms with Crippen molar-refractivity contribution in [1.82, 2.24) is 73.3 Å². The molecule has 31 nitrogen and oxygen atoms in total. The molecule has 3 N–H and O–H groups in total. The van der Waals surface area contributed by atoms with Crippen molar-refractivity contribution >= 4 is 136 Å². The highest BCUT2D eigenvalue weighted by Gasteiger charge is 2.47. The number of amides is 3. The molecule has 0 saturated carbocycles. The van der Waals surface area contributed by atoms with E-state index in [2.05, 4.69) is 79.3 Å². The van der Waals surface area contributed by atoms with Crippen LogP contribution in [0.3, 0.4) is 0 Å². The number of carbonyl (C=O) groups excluding carboxylic acids is 3. The Morgan fingerprint density at radius 2 is 0.687 bits per heavy atom. The molecule has 0 radical (unpaired) electrons. The number of hydrogen-bond acceptors (Lipinski definition) is 22. The highest BCUT2D eigenvalue weighted by molar-refractivity contribution is 6.40. The molecule has 15 heterocycles. The van der Waals surface area contributed by atoms with Crippen LogP contribution in [-0.4, -0.2) is 173 Å². The van der Waals surface area contributed by atoms with E-state index in [1.165, 1.54) is 60.0 Å². The summed E-state index contributed by atoms with van der Waals surface area (Å²) in [6, 6.07) is 13.4. The number of aromatic nitrogens is 12. The van der Waals surface area contributed by atoms with Gasteiger partial charge in [-0.1, -0.05) is 156 Å². The van der Waals surface area contributed by atoms with Crippen molar-refractivity contribution in [2.45, 2.75) is 222 Å². The first kappa shape index (κ1) is 101. The average Bonchev–Trinajstić information content (AvgIpc) is 1.70. The third-order valence-electron chi connectivity index (χ3n) is 29.5. The van der Waals surface area contributed by atoms with Crippen molar-refractivity contribution in [1.29, 1.82) is 0 Å². The molecule has 6 atom stereocenters. The SMILES string of the molecule is C=CC(=O)N1CC2CCOc3c(c4cc(F)c(-c5c(C)ccc6[nH]c(=O)oc56)c(Cl)c4n(-c4c(C(C)C)ncnc4C(C)C)c3=O)N2CC1C.C=CC(=O)N1CC2CCc3c(c4cc(F)c(-c5c(C)ccc6[nH]c(=O)oc56)c(Cl)c4n(-c4c(C(C)C)ncnc4C(C)C)c3=O)N2CC1C.C=CC(=O)N1CC2Cc3c(c4cc(F)c(-c5c(C)ccc6[nH]c(=O)oc56)c(Cl)c4n(-c4c(C(C)C)ncnc4C(C)C)c3=O)N2CC1C. The Balaban J connectivity index is 0.000000139. The predicted molar refractivity (Wildman–Crippen MR) is 566 cm³/mol. The lowest BCUT2D eigenvalue weighted by molar-refractivity contribution is -0.129. The predicted octanol–water partition coefficient (Wildman–Crippen LogP) is 19.7. The topological polar surface area (TPSA) is 361 Å². The fraction of sp³-hybridized carbons (Fsp3) is 0.373. The molecule has 6 aliphatic rings. The van der Waals surface area contributed by atoms with Crippen LogP contribution in [0.4, 0.5) is 30.2 Å². The van der Waals surface area contributed by atoms with Crippen LogP contribution in [0.15, 0.2) is 154 Å². The Bertz CT molecular complexity index is 8440. The van der Waals surface area contributed by atoms with Gasteiger partial charge in [0.2, 0.25) is 23.5 Å². The number of H-pyrrole nitrogens is 3. The van der Waals surface area contributed by atoms with E-state index in [4.69, 9.17) is 52.8 Å². The van der Waals surface area contributed by atoms with Gasteiger partial charge < -0.3 is 47.4 Å². The van der Waals surface area contributed by atoms with E-state index >= 15 is 27.6 Å². The summed E-state index contributed by atoms with van der Waals surface area (Å²) < 4.78 is 78.2. The van der Waals surface area contributed by atoms with Crippen LogP contribution in [0, 0.1) is 38.2 Å². The smallest absolute Gasteiger partial charge is 0.417 e. The summed E-state index contributed by atoms with van der Waals surface area (Å²) >= 11 is 22.2. The number of aromatic amines is 3. The van der Waals surface area contributed by atoms with Gasteiger partial charge in [-0.25, -0.2) is 57.5 Å². The molecule has 6 unspecified atom stereocenters. The van der Waals surface area contributed by atoms with Crippen LogP contribution < -0.4 is 53.4 Å². The lowest BCUT2D eigenvalue weighted by Crippen LogP contribution is -2.60. The number of rotatable bonds is 15. The van der Waals surface area contributed by atoms with Gasteiger partial charge in [0.1, 0.15) is 36.4 Å². The van der Waals surface area contributed by atoms with Gasteiger partial charge in [-0.2, -0.15) is 0 Å². The fourth-order valence-electron chi connectivity index (χ4n) is 22.7. The highest BCUT2D eigenvalue weighted by atomic mass is 35.5. The number of benzene rings is 6. The summed E-state index contributed by atoms with van der Waals surface area (Å²) in [6.45, 7) is 48.7. The first-order chi connectivity index (χ1) is 70.0. The first-order valence-electron chi connectivity index (χ1n) is 49.5. The van der Waals surface area contributed by atoms with Gasteiger partial charge in [-0.05, 0) is 161 Å². The normalized spacial score (nSPS) is 17.6. The molecule has 15 aromatic rings. The minimum atomic E-state index is -0.692. The molecule has 3 saturated heterocycles. The number of oxazole rings is 3. The number of piperazine rings is 3. The zero-order chi connectivity index (χ0) is 105. The van der Waals surface area contributed by atoms with E-state index < -0.39 is 40.3 Å². The van der Waals surface area contributed by atoms with Crippen molar-refractivity contribution in [3.05, 3.63) is 269 Å². The lowest BCUT2D eigenvalue weighted by atomic mass is 9.89. The number of aryl methyl sites for hydroxylation is 3. The standard InChI is InChI=1S/C37H38ClFN6O5.C37H38ClFN6O4.C36H36ClFN6O4/c1-8-25(46)43-15-21-11-12-49-35-32(44(21)14-20(43)7)22-13-23(39)27(26-19(6)9-10-24-34(26)50-37(48)42-24)28(38)31(22)45(36(35)47)33-29(17(2)3)40-16-41-30(33)18(4)5;1-8-26(46)43-15-21-10-11-22-32(44(21)14-20(43)7)23-13-24(39)28(27-19(6)9-12-25-35(27)49-37(48)42-25)29(38)33(23)45(36(22)47)34-30(17(2)3)40-16-41-31(34)18(4)5;1-8-25(45)42-14-20-11-22-31(43(20)13-19(42)7)21-12-23(38)27(26-18(6)9-10-24-34(26)48-36(47)41-24)28(37)32(21)44(35(22)46)33-29(16(2)3)39-15-40-30(33)17(4)5/h8-10,13,16-18,20-21H,1,11-12,14-15H2,2-7H3,(H,42,48);8-9,12-13,16-18,20-21H,1,10-11,14-15H2,2-7H3,(H,42,48);8-10,12,15-17,19-20H,1,11,13-14H2,2-7H3,(H,41,47). The number of carbonyl (C=O) groups is 3. The van der Waals surface area contributed by atoms with Crippen molar-refractivity contribution in [2.24, 2.45) is 0 Å². The van der Waals surface area contributed by atoms with Gasteiger partial charge in [-0.3, -0.25) is 57.4 Å². The Labute approximate surface area is 856 Å². The van der Waals surface area contributed by atoms with Crippen LogP contribution in [0.1, 0.15) is 214 Å². The van der Waals surface area contributed by atoms with Crippen LogP contribution >= 0.6 is 34.8 Å². The number of anilines is 3. The number of halogens is 6. The van der Waals surface area contributed by atoms with E-state index in [-0.39, 0.29) is 173 Å². The first-order valence-corrected chi connectivity index (χ1v) is 50.6. The molecule has 0 bridgehead atoms. The second-order valence-electron chi connectivity index (χ2n) is 40.9. The summed E-state index contributed by atoms with van der Waals surface area (Å²) in [7, 11) is 0. The van der Waals surface area contributed by atoms with Gasteiger partial charge in [0.05, 0.1) is 135 Å². The summed E-state index contributed by atoms with van der Waals surface area (Å²) in [5.74, 6) is -5.05. The van der Waals surface area contributed by atoms with Crippen LogP contribution in [-0.2, 0) is 27.2 Å². The van der Waals surface area contributed by atoms with Gasteiger partial charge in [0.15, 0.2) is 16.7 Å². The van der Waals surface area contributed by atoms with Gasteiger partial charge in [0, 0.05) is 137 Å². The second-order valence-corrected chi connectivity index (χ2v) is 42.0. The third kappa shape index (κ3) is 16.7. The molecular formula is C110H112Cl3F3N18O13. The molecule has 6 aromatic carbocycles. The molecule has 6 aliphatic heterocycles. The van der Waals surface area contributed by atoms with Crippen LogP contribution in [0.2, 0.25) is 15.1 Å². The van der Waals surface area contributed by atoms with Crippen LogP contribution in [0.25, 0.3) is 116 Å². The molecule has 37 heteroatoms. The highest BCUT2D eigenvalue weighted by Crippen LogP contribution is 2.54. The van der Waals surface area contributed by atoms with Crippen molar-refractivity contribution in [3.63, 3.8) is 0 Å². The summed E-state index contributed by atoms with van der Waals surface area (Å²) in [6.07, 6.45) is 10.3. The molecule has 147 heavy (non-hydrogen) atoms. The summed E-state index contributed by atoms with van der Waals surface area (Å²) in [5, 5.41) is 1.22. The fourth-order valence-corrected chi connectivity index (χ4v) is 23.8. The quantitative estimate of drug-likeness (QED) is 0.0802. The second kappa shape index (κ2) is 38.7. The van der Waals surface area contributed by atoms with Crippen molar-refractivity contribution < 1.29 is 45.5 Å². The maximum atomic E-state index is 17.0. The van der Waals surface area contributed by atoms with Gasteiger partial charge >= 0.3 is 17.3 Å². The number of ether oxygens (including phenoxy) is 1. The number of nitrogens with zero attached hydrogens (tertiary/aromatic N) is 15. The van der Waals surface area contributed by atoms with E-state index in [1.54, 1.807) is 81.0 Å². The molecule has 21 rings (SSSR count). The average molecular weight is 2060 g/mol. The minimum Gasteiger partial charge on any atom is -0.486 e. The summed E-state index contributed by atoms with van der Waals surface area (Å²) in [5.41, 5.74) is 12.3. The third-order valence-corrected chi connectivity index (χ3v) is 30.6. The zero-order valence-electron chi connectivity index (χ0n) is 84.8. The molecule has 0 spiro atoms. The Morgan fingerprint density at radius 3 is 1.02 bits per heavy atom. The van der Waals surface area contributed by atoms with E-state index in [0.717, 1.165) is 0 Å². The molecule has 762 valence electrons. The monoisotopic (exact) mass is 2050 g/mol. The van der Waals surface area contributed by atoms with Crippen molar-refractivity contribution in [3.8, 4) is 56.2 Å². The van der Waals surface area contributed by atoms with E-state index in [1.807, 2.05) is 104 Å². The largest absolute Gasteiger partial charge is 0.486 e. The molecule has 9 aromatic heterocycles. The van der Waals surface area contributed by atoms with Crippen molar-refractivity contribution in [2.75, 3.05) is 60.6 Å². The molecular weight excluding hydrogens is 1940 g/mol. The number of nitrogens with one attached hydrogen (secondary N) is 3. The van der Waals surface area contributed by atoms with Gasteiger partial charge in [0.25, 0.3) is 16.7 Å². The van der Waals surface area contributed by atoms with E-state index in [9.17, 15) is 28.8 Å². The zero-order valence-corrected chi connectivity index (χ0v) is 87.0. The number of pyridine rings is 3. The molecule has 3 fully saturated rings. The molecule has 0 aliphatic carbocycles. The minimum absolute atomic E-state index is 0.00161. The number of fused-ring (bicyclic) bond motifs is 18. The molecule has 3 amide bonds. The van der Waals surface area contributed by atoms with Gasteiger partial charge in [-0.15, -0.1) is 0 Å². The maximum absolute atomic E-state index is 17.0.